The topological polar surface area (TPSA) is 121 Å². The van der Waals surface area contributed by atoms with E-state index in [0.29, 0.717) is 22.4 Å². The molecule has 0 saturated heterocycles. The van der Waals surface area contributed by atoms with Crippen LogP contribution in [0.4, 0.5) is 6.01 Å². The van der Waals surface area contributed by atoms with Crippen LogP contribution < -0.4 is 10.1 Å². The molecule has 11 heteroatoms. The maximum Gasteiger partial charge on any atom is 0.328 e. The maximum atomic E-state index is 12.0. The van der Waals surface area contributed by atoms with Gasteiger partial charge in [-0.05, 0) is 42.0 Å². The summed E-state index contributed by atoms with van der Waals surface area (Å²) < 4.78 is 11.7. The number of thioether (sulfide) groups is 1. The van der Waals surface area contributed by atoms with Gasteiger partial charge in [0.2, 0.25) is 11.1 Å². The molecule has 0 aliphatic heterocycles. The largest absolute Gasteiger partial charge is 0.494 e. The fraction of sp³-hybridized carbons (Fsp3) is 0.286. The molecule has 3 rings (SSSR count). The van der Waals surface area contributed by atoms with Gasteiger partial charge in [0.05, 0.1) is 12.9 Å². The quantitative estimate of drug-likeness (QED) is 0.649. The average molecular weight is 361 g/mol. The summed E-state index contributed by atoms with van der Waals surface area (Å²) in [5, 5.41) is 18.2. The third kappa shape index (κ3) is 3.94. The Balaban J connectivity index is 1.72. The number of nitrogens with one attached hydrogen (secondary N) is 1. The third-order valence-corrected chi connectivity index (χ3v) is 4.03. The molecule has 0 spiro atoms. The first-order valence-corrected chi connectivity index (χ1v) is 8.21. The standard InChI is InChI=1S/C14H15N7O3S/c1-8-4-5-11(23-3)10(6-8)21-14(17-19-20-21)25-7-12(22)16-13-15-9(2)18-24-13/h4-6H,7H2,1-3H3,(H,15,16,18,22). The predicted octanol–water partition coefficient (Wildman–Crippen LogP) is 1.40. The molecular formula is C14H15N7O3S. The molecule has 25 heavy (non-hydrogen) atoms. The highest BCUT2D eigenvalue weighted by Crippen LogP contribution is 2.26. The molecule has 0 aliphatic rings. The molecule has 1 amide bonds. The number of anilines is 1. The van der Waals surface area contributed by atoms with E-state index in [4.69, 9.17) is 9.26 Å². The predicted molar refractivity (Wildman–Crippen MR) is 88.8 cm³/mol. The number of carbonyl (C=O) groups excluding carboxylic acids is 1. The van der Waals surface area contributed by atoms with Crippen molar-refractivity contribution in [3.8, 4) is 11.4 Å². The van der Waals surface area contributed by atoms with Gasteiger partial charge in [0, 0.05) is 0 Å². The molecular weight excluding hydrogens is 346 g/mol. The third-order valence-electron chi connectivity index (χ3n) is 3.11. The zero-order chi connectivity index (χ0) is 17.8. The summed E-state index contributed by atoms with van der Waals surface area (Å²) >= 11 is 1.18. The van der Waals surface area contributed by atoms with E-state index in [1.807, 2.05) is 25.1 Å². The van der Waals surface area contributed by atoms with Crippen LogP contribution in [0.3, 0.4) is 0 Å². The Hall–Kier alpha value is -2.95. The minimum Gasteiger partial charge on any atom is -0.494 e. The van der Waals surface area contributed by atoms with Crippen molar-refractivity contribution in [3.05, 3.63) is 29.6 Å². The van der Waals surface area contributed by atoms with E-state index in [-0.39, 0.29) is 17.7 Å². The molecule has 2 aromatic heterocycles. The number of ether oxygens (including phenoxy) is 1. The Morgan fingerprint density at radius 3 is 2.96 bits per heavy atom. The van der Waals surface area contributed by atoms with Crippen molar-refractivity contribution in [1.82, 2.24) is 30.3 Å². The van der Waals surface area contributed by atoms with Crippen LogP contribution in [0.1, 0.15) is 11.4 Å². The second kappa shape index (κ2) is 7.30. The lowest BCUT2D eigenvalue weighted by molar-refractivity contribution is -0.114. The Morgan fingerprint density at radius 2 is 2.24 bits per heavy atom. The van der Waals surface area contributed by atoms with Gasteiger partial charge in [-0.3, -0.25) is 10.1 Å². The first kappa shape index (κ1) is 16.9. The summed E-state index contributed by atoms with van der Waals surface area (Å²) in [5.74, 6) is 0.846. The van der Waals surface area contributed by atoms with E-state index < -0.39 is 0 Å². The lowest BCUT2D eigenvalue weighted by Crippen LogP contribution is -2.15. The normalized spacial score (nSPS) is 10.7. The number of nitrogens with zero attached hydrogens (tertiary/aromatic N) is 6. The minimum absolute atomic E-state index is 0.0584. The Labute approximate surface area is 146 Å². The van der Waals surface area contributed by atoms with Gasteiger partial charge in [-0.2, -0.15) is 9.67 Å². The summed E-state index contributed by atoms with van der Waals surface area (Å²) in [7, 11) is 1.57. The van der Waals surface area contributed by atoms with E-state index in [0.717, 1.165) is 5.56 Å². The zero-order valence-electron chi connectivity index (χ0n) is 13.8. The lowest BCUT2D eigenvalue weighted by Gasteiger charge is -2.10. The van der Waals surface area contributed by atoms with E-state index in [9.17, 15) is 4.79 Å². The number of rotatable bonds is 6. The van der Waals surface area contributed by atoms with Crippen molar-refractivity contribution in [2.75, 3.05) is 18.2 Å². The molecule has 3 aromatic rings. The molecule has 10 nitrogen and oxygen atoms in total. The number of hydrogen-bond acceptors (Lipinski definition) is 9. The van der Waals surface area contributed by atoms with E-state index in [1.165, 1.54) is 16.4 Å². The van der Waals surface area contributed by atoms with Crippen LogP contribution in [0, 0.1) is 13.8 Å². The second-order valence-electron chi connectivity index (χ2n) is 5.03. The lowest BCUT2D eigenvalue weighted by atomic mass is 10.2. The number of benzene rings is 1. The van der Waals surface area contributed by atoms with Crippen LogP contribution >= 0.6 is 11.8 Å². The van der Waals surface area contributed by atoms with Gasteiger partial charge in [0.25, 0.3) is 0 Å². The molecule has 0 saturated carbocycles. The molecule has 0 atom stereocenters. The summed E-state index contributed by atoms with van der Waals surface area (Å²) in [4.78, 5) is 15.9. The van der Waals surface area contributed by atoms with Crippen LogP contribution in [0.25, 0.3) is 5.69 Å². The highest BCUT2D eigenvalue weighted by Gasteiger charge is 2.16. The minimum atomic E-state index is -0.306. The van der Waals surface area contributed by atoms with Crippen molar-refractivity contribution in [3.63, 3.8) is 0 Å². The number of tetrazole rings is 1. The first-order chi connectivity index (χ1) is 12.1. The van der Waals surface area contributed by atoms with Crippen molar-refractivity contribution in [2.45, 2.75) is 19.0 Å². The highest BCUT2D eigenvalue weighted by molar-refractivity contribution is 7.99. The number of aromatic nitrogens is 6. The van der Waals surface area contributed by atoms with Crippen LogP contribution in [-0.2, 0) is 4.79 Å². The Morgan fingerprint density at radius 1 is 1.40 bits per heavy atom. The first-order valence-electron chi connectivity index (χ1n) is 7.23. The SMILES string of the molecule is COc1ccc(C)cc1-n1nnnc1SCC(=O)Nc1nc(C)no1. The molecule has 1 N–H and O–H groups in total. The molecule has 0 aliphatic carbocycles. The van der Waals surface area contributed by atoms with Crippen LogP contribution in [0.5, 0.6) is 5.75 Å². The Bertz CT molecular complexity index is 892. The Kier molecular flexibility index (Phi) is 4.93. The van der Waals surface area contributed by atoms with Crippen LogP contribution in [0.2, 0.25) is 0 Å². The fourth-order valence-electron chi connectivity index (χ4n) is 2.02. The molecule has 2 heterocycles. The van der Waals surface area contributed by atoms with Crippen molar-refractivity contribution >= 4 is 23.7 Å². The maximum absolute atomic E-state index is 12.0. The highest BCUT2D eigenvalue weighted by atomic mass is 32.2. The van der Waals surface area contributed by atoms with Crippen molar-refractivity contribution in [2.24, 2.45) is 0 Å². The van der Waals surface area contributed by atoms with Crippen LogP contribution in [0.15, 0.2) is 27.9 Å². The van der Waals surface area contributed by atoms with Crippen molar-refractivity contribution < 1.29 is 14.1 Å². The van der Waals surface area contributed by atoms with Gasteiger partial charge in [-0.25, -0.2) is 0 Å². The zero-order valence-corrected chi connectivity index (χ0v) is 14.6. The molecule has 0 bridgehead atoms. The van der Waals surface area contributed by atoms with E-state index in [2.05, 4.69) is 31.0 Å². The second-order valence-corrected chi connectivity index (χ2v) is 5.97. The summed E-state index contributed by atoms with van der Waals surface area (Å²) in [6.07, 6.45) is 0. The van der Waals surface area contributed by atoms with Gasteiger partial charge in [-0.1, -0.05) is 23.0 Å². The van der Waals surface area contributed by atoms with E-state index >= 15 is 0 Å². The fourth-order valence-corrected chi connectivity index (χ4v) is 2.70. The van der Waals surface area contributed by atoms with Gasteiger partial charge in [-0.15, -0.1) is 5.10 Å². The molecule has 1 aromatic carbocycles. The van der Waals surface area contributed by atoms with Gasteiger partial charge >= 0.3 is 6.01 Å². The summed E-state index contributed by atoms with van der Waals surface area (Å²) in [5.41, 5.74) is 1.73. The number of carbonyl (C=O) groups is 1. The van der Waals surface area contributed by atoms with E-state index in [1.54, 1.807) is 14.0 Å². The number of amides is 1. The number of methoxy groups -OCH3 is 1. The molecule has 0 unspecified atom stereocenters. The summed E-state index contributed by atoms with van der Waals surface area (Å²) in [6, 6.07) is 5.73. The summed E-state index contributed by atoms with van der Waals surface area (Å²) in [6.45, 7) is 3.62. The van der Waals surface area contributed by atoms with Gasteiger partial charge in [0.15, 0.2) is 5.82 Å². The van der Waals surface area contributed by atoms with Gasteiger partial charge < -0.3 is 9.26 Å². The smallest absolute Gasteiger partial charge is 0.328 e. The number of aryl methyl sites for hydroxylation is 2. The number of hydrogen-bond donors (Lipinski definition) is 1. The molecule has 130 valence electrons. The van der Waals surface area contributed by atoms with Gasteiger partial charge in [0.1, 0.15) is 11.4 Å². The van der Waals surface area contributed by atoms with Crippen molar-refractivity contribution in [1.29, 1.82) is 0 Å². The monoisotopic (exact) mass is 361 g/mol. The van der Waals surface area contributed by atoms with Crippen LogP contribution in [-0.4, -0.2) is 49.1 Å². The molecule has 0 fully saturated rings. The average Bonchev–Trinajstić information content (AvgIpc) is 3.21. The molecule has 0 radical (unpaired) electrons.